The molecule has 0 aliphatic carbocycles. The Balaban J connectivity index is 1.94. The number of hydrogen-bond acceptors (Lipinski definition) is 4. The van der Waals surface area contributed by atoms with Gasteiger partial charge >= 0.3 is 6.03 Å². The highest BCUT2D eigenvalue weighted by molar-refractivity contribution is 6.08. The molecule has 0 aromatic heterocycles. The molecule has 2 aromatic carbocycles. The van der Waals surface area contributed by atoms with Gasteiger partial charge in [-0.2, -0.15) is 0 Å². The lowest BCUT2D eigenvalue weighted by atomic mass is 10.2. The molecular formula is C18H15F2N3O3. The molecule has 0 unspecified atom stereocenters. The number of benzene rings is 2. The first-order valence-corrected chi connectivity index (χ1v) is 7.44. The van der Waals surface area contributed by atoms with Crippen molar-refractivity contribution in [3.8, 4) is 0 Å². The second-order valence-electron chi connectivity index (χ2n) is 4.95. The van der Waals surface area contributed by atoms with E-state index >= 15 is 0 Å². The standard InChI is InChI=1S/C18H15F2N3O3/c1-2-10-26-21-11-12-6-8-13(9-7-12)22-18(25)23-17(24)16-14(19)4-3-5-15(16)20/h2-9,11H,1,10H2,(H2,22,23,24,25)/b21-11+. The van der Waals surface area contributed by atoms with Crippen LogP contribution in [0.3, 0.4) is 0 Å². The monoisotopic (exact) mass is 359 g/mol. The molecule has 2 rings (SSSR count). The van der Waals surface area contributed by atoms with Crippen LogP contribution >= 0.6 is 0 Å². The number of amides is 3. The smallest absolute Gasteiger partial charge is 0.326 e. The van der Waals surface area contributed by atoms with Crippen LogP contribution in [0.2, 0.25) is 0 Å². The minimum Gasteiger partial charge on any atom is -0.392 e. The van der Waals surface area contributed by atoms with E-state index in [0.717, 1.165) is 18.2 Å². The summed E-state index contributed by atoms with van der Waals surface area (Å²) in [6.07, 6.45) is 3.02. The number of anilines is 1. The van der Waals surface area contributed by atoms with Crippen molar-refractivity contribution in [2.75, 3.05) is 11.9 Å². The quantitative estimate of drug-likeness (QED) is 0.359. The fourth-order valence-electron chi connectivity index (χ4n) is 1.89. The molecule has 0 fully saturated rings. The number of oxime groups is 1. The average molecular weight is 359 g/mol. The molecule has 3 amide bonds. The van der Waals surface area contributed by atoms with Gasteiger partial charge in [0, 0.05) is 5.69 Å². The lowest BCUT2D eigenvalue weighted by molar-refractivity contribution is 0.0959. The van der Waals surface area contributed by atoms with Crippen LogP contribution in [0.5, 0.6) is 0 Å². The van der Waals surface area contributed by atoms with Gasteiger partial charge < -0.3 is 10.2 Å². The maximum absolute atomic E-state index is 13.5. The number of halogens is 2. The Kier molecular flexibility index (Phi) is 6.55. The van der Waals surface area contributed by atoms with E-state index in [-0.39, 0.29) is 6.61 Å². The fraction of sp³-hybridized carbons (Fsp3) is 0.0556. The van der Waals surface area contributed by atoms with Crippen LogP contribution in [0.25, 0.3) is 0 Å². The number of carbonyl (C=O) groups is 2. The molecule has 6 nitrogen and oxygen atoms in total. The highest BCUT2D eigenvalue weighted by Crippen LogP contribution is 2.12. The molecule has 0 aliphatic heterocycles. The maximum Gasteiger partial charge on any atom is 0.326 e. The van der Waals surface area contributed by atoms with Gasteiger partial charge in [0.2, 0.25) is 0 Å². The molecule has 0 spiro atoms. The summed E-state index contributed by atoms with van der Waals surface area (Å²) in [6.45, 7) is 3.77. The third kappa shape index (κ3) is 5.23. The van der Waals surface area contributed by atoms with Crippen LogP contribution < -0.4 is 10.6 Å². The van der Waals surface area contributed by atoms with E-state index in [1.807, 2.05) is 5.32 Å². The minimum atomic E-state index is -1.18. The summed E-state index contributed by atoms with van der Waals surface area (Å²) in [6, 6.07) is 8.46. The highest BCUT2D eigenvalue weighted by atomic mass is 19.1. The van der Waals surface area contributed by atoms with E-state index in [1.54, 1.807) is 30.3 Å². The van der Waals surface area contributed by atoms with Crippen molar-refractivity contribution in [1.82, 2.24) is 5.32 Å². The van der Waals surface area contributed by atoms with Gasteiger partial charge in [-0.25, -0.2) is 13.6 Å². The summed E-state index contributed by atoms with van der Waals surface area (Å²) >= 11 is 0. The number of imide groups is 1. The number of rotatable bonds is 6. The van der Waals surface area contributed by atoms with Crippen LogP contribution in [0.4, 0.5) is 19.3 Å². The molecule has 0 radical (unpaired) electrons. The Hall–Kier alpha value is -3.55. The summed E-state index contributed by atoms with van der Waals surface area (Å²) in [5.74, 6) is -3.29. The second-order valence-corrected chi connectivity index (χ2v) is 4.95. The molecule has 26 heavy (non-hydrogen) atoms. The van der Waals surface area contributed by atoms with Gasteiger partial charge in [-0.1, -0.05) is 36.0 Å². The van der Waals surface area contributed by atoms with Crippen LogP contribution in [0.1, 0.15) is 15.9 Å². The molecule has 0 heterocycles. The Morgan fingerprint density at radius 2 is 1.77 bits per heavy atom. The summed E-state index contributed by atoms with van der Waals surface area (Å²) in [5.41, 5.74) is 0.256. The van der Waals surface area contributed by atoms with Gasteiger partial charge in [0.15, 0.2) is 0 Å². The first kappa shape index (κ1) is 18.8. The van der Waals surface area contributed by atoms with Gasteiger partial charge in [0.05, 0.1) is 6.21 Å². The molecule has 0 aliphatic rings. The zero-order valence-electron chi connectivity index (χ0n) is 13.5. The van der Waals surface area contributed by atoms with E-state index in [0.29, 0.717) is 11.3 Å². The Morgan fingerprint density at radius 1 is 1.12 bits per heavy atom. The molecule has 0 atom stereocenters. The molecule has 2 aromatic rings. The number of hydrogen-bond donors (Lipinski definition) is 2. The number of nitrogens with one attached hydrogen (secondary N) is 2. The molecule has 0 saturated heterocycles. The normalized spacial score (nSPS) is 10.4. The van der Waals surface area contributed by atoms with Crippen molar-refractivity contribution in [2.45, 2.75) is 0 Å². The Labute approximate surface area is 148 Å². The van der Waals surface area contributed by atoms with E-state index in [9.17, 15) is 18.4 Å². The molecule has 0 bridgehead atoms. The molecular weight excluding hydrogens is 344 g/mol. The van der Waals surface area contributed by atoms with Gasteiger partial charge in [-0.3, -0.25) is 10.1 Å². The zero-order valence-corrected chi connectivity index (χ0v) is 13.5. The van der Waals surface area contributed by atoms with Crippen molar-refractivity contribution in [3.05, 3.63) is 77.9 Å². The van der Waals surface area contributed by atoms with Gasteiger partial charge in [-0.05, 0) is 29.8 Å². The maximum atomic E-state index is 13.5. The van der Waals surface area contributed by atoms with Gasteiger partial charge in [-0.15, -0.1) is 0 Å². The van der Waals surface area contributed by atoms with Crippen molar-refractivity contribution < 1.29 is 23.2 Å². The summed E-state index contributed by atoms with van der Waals surface area (Å²) < 4.78 is 27.0. The third-order valence-electron chi connectivity index (χ3n) is 3.05. The molecule has 2 N–H and O–H groups in total. The predicted octanol–water partition coefficient (Wildman–Crippen LogP) is 3.46. The SMILES string of the molecule is C=CCO/N=C/c1ccc(NC(=O)NC(=O)c2c(F)cccc2F)cc1. The Morgan fingerprint density at radius 3 is 2.38 bits per heavy atom. The topological polar surface area (TPSA) is 79.8 Å². The lowest BCUT2D eigenvalue weighted by Crippen LogP contribution is -2.35. The fourth-order valence-corrected chi connectivity index (χ4v) is 1.89. The predicted molar refractivity (Wildman–Crippen MR) is 93.0 cm³/mol. The van der Waals surface area contributed by atoms with Crippen LogP contribution in [-0.4, -0.2) is 24.8 Å². The lowest BCUT2D eigenvalue weighted by Gasteiger charge is -2.08. The average Bonchev–Trinajstić information content (AvgIpc) is 2.60. The first-order chi connectivity index (χ1) is 12.5. The number of urea groups is 1. The number of nitrogens with zero attached hydrogens (tertiary/aromatic N) is 1. The highest BCUT2D eigenvalue weighted by Gasteiger charge is 2.19. The largest absolute Gasteiger partial charge is 0.392 e. The van der Waals surface area contributed by atoms with Crippen molar-refractivity contribution >= 4 is 23.8 Å². The minimum absolute atomic E-state index is 0.285. The second kappa shape index (κ2) is 9.07. The van der Waals surface area contributed by atoms with Crippen molar-refractivity contribution in [1.29, 1.82) is 0 Å². The van der Waals surface area contributed by atoms with Crippen molar-refractivity contribution in [3.63, 3.8) is 0 Å². The Bertz CT molecular complexity index is 816. The van der Waals surface area contributed by atoms with E-state index in [2.05, 4.69) is 17.1 Å². The van der Waals surface area contributed by atoms with Gasteiger partial charge in [0.1, 0.15) is 23.8 Å². The van der Waals surface area contributed by atoms with E-state index in [1.165, 1.54) is 6.21 Å². The number of carbonyl (C=O) groups excluding carboxylic acids is 2. The summed E-state index contributed by atoms with van der Waals surface area (Å²) in [4.78, 5) is 28.5. The van der Waals surface area contributed by atoms with Crippen molar-refractivity contribution in [2.24, 2.45) is 5.16 Å². The zero-order chi connectivity index (χ0) is 18.9. The van der Waals surface area contributed by atoms with E-state index < -0.39 is 29.1 Å². The molecule has 8 heteroatoms. The molecule has 0 saturated carbocycles. The summed E-state index contributed by atoms with van der Waals surface area (Å²) in [7, 11) is 0. The van der Waals surface area contributed by atoms with Crippen LogP contribution in [-0.2, 0) is 4.84 Å². The van der Waals surface area contributed by atoms with E-state index in [4.69, 9.17) is 4.84 Å². The summed E-state index contributed by atoms with van der Waals surface area (Å²) in [5, 5.41) is 7.94. The van der Waals surface area contributed by atoms with Crippen LogP contribution in [0.15, 0.2) is 60.3 Å². The molecule has 134 valence electrons. The van der Waals surface area contributed by atoms with Gasteiger partial charge in [0.25, 0.3) is 5.91 Å². The third-order valence-corrected chi connectivity index (χ3v) is 3.05. The first-order valence-electron chi connectivity index (χ1n) is 7.44. The van der Waals surface area contributed by atoms with Crippen LogP contribution in [0, 0.1) is 11.6 Å².